The number of amides is 1. The van der Waals surface area contributed by atoms with Crippen molar-refractivity contribution in [2.24, 2.45) is 5.73 Å². The van der Waals surface area contributed by atoms with E-state index in [2.05, 4.69) is 16.7 Å². The highest BCUT2D eigenvalue weighted by atomic mass is 16.5. The van der Waals surface area contributed by atoms with E-state index >= 15 is 0 Å². The summed E-state index contributed by atoms with van der Waals surface area (Å²) in [4.78, 5) is 16.7. The minimum absolute atomic E-state index is 0.0878. The summed E-state index contributed by atoms with van der Waals surface area (Å²) in [5, 5.41) is 0. The molecule has 2 saturated heterocycles. The van der Waals surface area contributed by atoms with Crippen molar-refractivity contribution in [2.75, 3.05) is 39.3 Å². The van der Waals surface area contributed by atoms with Crippen LogP contribution in [0.15, 0.2) is 0 Å². The minimum atomic E-state index is 0.0878. The molecule has 0 bridgehead atoms. The maximum absolute atomic E-state index is 12.4. The van der Waals surface area contributed by atoms with Gasteiger partial charge in [-0.25, -0.2) is 0 Å². The SMILES string of the molecule is CCC1CCCCN1C(=O)CN1CCOC(CN)C1. The lowest BCUT2D eigenvalue weighted by Gasteiger charge is -2.38. The molecule has 0 saturated carbocycles. The third kappa shape index (κ3) is 3.91. The van der Waals surface area contributed by atoms with E-state index in [0.29, 0.717) is 25.7 Å². The fourth-order valence-corrected chi connectivity index (χ4v) is 3.10. The van der Waals surface area contributed by atoms with Crippen molar-refractivity contribution < 1.29 is 9.53 Å². The quantitative estimate of drug-likeness (QED) is 0.804. The molecule has 2 fully saturated rings. The lowest BCUT2D eigenvalue weighted by Crippen LogP contribution is -2.52. The summed E-state index contributed by atoms with van der Waals surface area (Å²) in [5.74, 6) is 0.282. The van der Waals surface area contributed by atoms with Gasteiger partial charge in [0.15, 0.2) is 0 Å². The number of rotatable bonds is 4. The molecule has 0 aromatic carbocycles. The first kappa shape index (κ1) is 14.8. The number of hydrogen-bond acceptors (Lipinski definition) is 4. The number of morpholine rings is 1. The van der Waals surface area contributed by atoms with Gasteiger partial charge in [0, 0.05) is 32.2 Å². The summed E-state index contributed by atoms with van der Waals surface area (Å²) in [5.41, 5.74) is 5.64. The number of piperidine rings is 1. The molecule has 2 aliphatic rings. The van der Waals surface area contributed by atoms with Crippen molar-refractivity contribution in [3.63, 3.8) is 0 Å². The van der Waals surface area contributed by atoms with Gasteiger partial charge in [-0.1, -0.05) is 6.92 Å². The molecule has 0 radical (unpaired) electrons. The second-order valence-electron chi connectivity index (χ2n) is 5.61. The Morgan fingerprint density at radius 3 is 2.95 bits per heavy atom. The van der Waals surface area contributed by atoms with Crippen LogP contribution in [0.3, 0.4) is 0 Å². The average Bonchev–Trinajstić information content (AvgIpc) is 2.47. The lowest BCUT2D eigenvalue weighted by atomic mass is 10.00. The summed E-state index contributed by atoms with van der Waals surface area (Å²) < 4.78 is 5.54. The van der Waals surface area contributed by atoms with Crippen molar-refractivity contribution in [1.82, 2.24) is 9.80 Å². The van der Waals surface area contributed by atoms with E-state index < -0.39 is 0 Å². The van der Waals surface area contributed by atoms with Crippen LogP contribution in [0, 0.1) is 0 Å². The van der Waals surface area contributed by atoms with Crippen LogP contribution < -0.4 is 5.73 Å². The van der Waals surface area contributed by atoms with Crippen LogP contribution in [0.4, 0.5) is 0 Å². The molecule has 2 rings (SSSR count). The van der Waals surface area contributed by atoms with Gasteiger partial charge in [0.1, 0.15) is 0 Å². The zero-order chi connectivity index (χ0) is 13.7. The van der Waals surface area contributed by atoms with Gasteiger partial charge in [-0.3, -0.25) is 9.69 Å². The van der Waals surface area contributed by atoms with Crippen LogP contribution in [0.25, 0.3) is 0 Å². The Balaban J connectivity index is 1.85. The molecule has 2 aliphatic heterocycles. The second-order valence-corrected chi connectivity index (χ2v) is 5.61. The molecule has 2 unspecified atom stereocenters. The predicted molar refractivity (Wildman–Crippen MR) is 74.9 cm³/mol. The average molecular weight is 269 g/mol. The van der Waals surface area contributed by atoms with Crippen LogP contribution in [-0.2, 0) is 9.53 Å². The third-order valence-corrected chi connectivity index (χ3v) is 4.26. The molecule has 0 aromatic heterocycles. The van der Waals surface area contributed by atoms with Crippen LogP contribution >= 0.6 is 0 Å². The number of carbonyl (C=O) groups is 1. The topological polar surface area (TPSA) is 58.8 Å². The number of nitrogens with two attached hydrogens (primary N) is 1. The van der Waals surface area contributed by atoms with E-state index in [1.165, 1.54) is 6.42 Å². The molecular weight excluding hydrogens is 242 g/mol. The Bertz CT molecular complexity index is 298. The predicted octanol–water partition coefficient (Wildman–Crippen LogP) is 0.437. The van der Waals surface area contributed by atoms with E-state index in [0.717, 1.165) is 38.9 Å². The first-order chi connectivity index (χ1) is 9.24. The van der Waals surface area contributed by atoms with Gasteiger partial charge >= 0.3 is 0 Å². The maximum Gasteiger partial charge on any atom is 0.236 e. The fraction of sp³-hybridized carbons (Fsp3) is 0.929. The Kier molecular flexibility index (Phi) is 5.60. The Morgan fingerprint density at radius 2 is 2.21 bits per heavy atom. The van der Waals surface area contributed by atoms with Crippen LogP contribution in [0.1, 0.15) is 32.6 Å². The van der Waals surface area contributed by atoms with Crippen LogP contribution in [-0.4, -0.2) is 67.2 Å². The third-order valence-electron chi connectivity index (χ3n) is 4.26. The summed E-state index contributed by atoms with van der Waals surface area (Å²) in [6.07, 6.45) is 4.73. The Labute approximate surface area is 116 Å². The molecule has 2 heterocycles. The van der Waals surface area contributed by atoms with Gasteiger partial charge in [0.25, 0.3) is 0 Å². The first-order valence-corrected chi connectivity index (χ1v) is 7.58. The lowest BCUT2D eigenvalue weighted by molar-refractivity contribution is -0.138. The summed E-state index contributed by atoms with van der Waals surface area (Å²) >= 11 is 0. The molecule has 0 spiro atoms. The molecule has 2 N–H and O–H groups in total. The Morgan fingerprint density at radius 1 is 1.37 bits per heavy atom. The summed E-state index contributed by atoms with van der Waals surface area (Å²) in [6, 6.07) is 0.451. The van der Waals surface area contributed by atoms with Gasteiger partial charge < -0.3 is 15.4 Å². The van der Waals surface area contributed by atoms with Crippen molar-refractivity contribution in [3.05, 3.63) is 0 Å². The minimum Gasteiger partial charge on any atom is -0.374 e. The number of likely N-dealkylation sites (tertiary alicyclic amines) is 1. The highest BCUT2D eigenvalue weighted by molar-refractivity contribution is 5.78. The van der Waals surface area contributed by atoms with Crippen molar-refractivity contribution in [1.29, 1.82) is 0 Å². The van der Waals surface area contributed by atoms with E-state index in [-0.39, 0.29) is 12.0 Å². The smallest absolute Gasteiger partial charge is 0.236 e. The van der Waals surface area contributed by atoms with Crippen LogP contribution in [0.2, 0.25) is 0 Å². The number of hydrogen-bond donors (Lipinski definition) is 1. The van der Waals surface area contributed by atoms with Crippen molar-refractivity contribution in [2.45, 2.75) is 44.8 Å². The largest absolute Gasteiger partial charge is 0.374 e. The van der Waals surface area contributed by atoms with Gasteiger partial charge in [-0.15, -0.1) is 0 Å². The number of ether oxygens (including phenoxy) is 1. The van der Waals surface area contributed by atoms with E-state index in [9.17, 15) is 4.79 Å². The second kappa shape index (κ2) is 7.22. The Hall–Kier alpha value is -0.650. The maximum atomic E-state index is 12.4. The number of nitrogens with zero attached hydrogens (tertiary/aromatic N) is 2. The molecule has 5 heteroatoms. The molecule has 1 amide bonds. The highest BCUT2D eigenvalue weighted by Gasteiger charge is 2.28. The fourth-order valence-electron chi connectivity index (χ4n) is 3.10. The van der Waals surface area contributed by atoms with E-state index in [1.807, 2.05) is 0 Å². The standard InChI is InChI=1S/C14H27N3O2/c1-2-12-5-3-4-6-17(12)14(18)11-16-7-8-19-13(9-15)10-16/h12-13H,2-11,15H2,1H3. The molecule has 110 valence electrons. The molecule has 5 nitrogen and oxygen atoms in total. The first-order valence-electron chi connectivity index (χ1n) is 7.58. The van der Waals surface area contributed by atoms with E-state index in [4.69, 9.17) is 10.5 Å². The molecular formula is C14H27N3O2. The van der Waals surface area contributed by atoms with Gasteiger partial charge in [0.05, 0.1) is 19.3 Å². The molecule has 0 aliphatic carbocycles. The number of carbonyl (C=O) groups excluding carboxylic acids is 1. The highest BCUT2D eigenvalue weighted by Crippen LogP contribution is 2.20. The molecule has 0 aromatic rings. The van der Waals surface area contributed by atoms with Crippen molar-refractivity contribution in [3.8, 4) is 0 Å². The van der Waals surface area contributed by atoms with Crippen molar-refractivity contribution >= 4 is 5.91 Å². The zero-order valence-electron chi connectivity index (χ0n) is 12.0. The van der Waals surface area contributed by atoms with Gasteiger partial charge in [0.2, 0.25) is 5.91 Å². The van der Waals surface area contributed by atoms with E-state index in [1.54, 1.807) is 0 Å². The monoisotopic (exact) mass is 269 g/mol. The van der Waals surface area contributed by atoms with Crippen LogP contribution in [0.5, 0.6) is 0 Å². The molecule has 2 atom stereocenters. The van der Waals surface area contributed by atoms with Gasteiger partial charge in [-0.2, -0.15) is 0 Å². The normalized spacial score (nSPS) is 29.5. The molecule has 19 heavy (non-hydrogen) atoms. The zero-order valence-corrected chi connectivity index (χ0v) is 12.0. The summed E-state index contributed by atoms with van der Waals surface area (Å²) in [6.45, 7) is 6.48. The van der Waals surface area contributed by atoms with Gasteiger partial charge in [-0.05, 0) is 25.7 Å². The summed E-state index contributed by atoms with van der Waals surface area (Å²) in [7, 11) is 0.